The van der Waals surface area contributed by atoms with E-state index in [0.717, 1.165) is 21.3 Å². The van der Waals surface area contributed by atoms with Gasteiger partial charge in [0.15, 0.2) is 11.6 Å². The number of nitrogens with one attached hydrogen (secondary N) is 1. The number of aryl methyl sites for hydroxylation is 2. The molecule has 0 atom stereocenters. The number of fused-ring (bicyclic) bond motifs is 2. The standard InChI is InChI=1S/C22H15Br2NO2.CH3Cl/c1-11-9-12(2)20(16(24)10-11)25-17-8-7-15(23)18-19(17)22(27)14-6-4-3-5-13(14)21(18)26;1-2/h3-10,25H,1-2H3;1H3. The van der Waals surface area contributed by atoms with Gasteiger partial charge in [-0.1, -0.05) is 46.3 Å². The Labute approximate surface area is 191 Å². The van der Waals surface area contributed by atoms with E-state index in [2.05, 4.69) is 54.8 Å². The summed E-state index contributed by atoms with van der Waals surface area (Å²) in [5.74, 6) is -0.291. The van der Waals surface area contributed by atoms with Crippen LogP contribution in [0.3, 0.4) is 0 Å². The van der Waals surface area contributed by atoms with Crippen molar-refractivity contribution < 1.29 is 9.59 Å². The highest BCUT2D eigenvalue weighted by molar-refractivity contribution is 9.11. The maximum absolute atomic E-state index is 13.2. The minimum Gasteiger partial charge on any atom is -0.354 e. The fourth-order valence-electron chi connectivity index (χ4n) is 3.50. The molecule has 3 aromatic carbocycles. The summed E-state index contributed by atoms with van der Waals surface area (Å²) in [7, 11) is 0. The molecule has 1 aliphatic carbocycles. The Hall–Kier alpha value is -1.95. The Morgan fingerprint density at radius 1 is 0.793 bits per heavy atom. The van der Waals surface area contributed by atoms with Crippen molar-refractivity contribution in [3.63, 3.8) is 0 Å². The summed E-state index contributed by atoms with van der Waals surface area (Å²) in [4.78, 5) is 26.3. The molecule has 0 aromatic heterocycles. The van der Waals surface area contributed by atoms with Crippen molar-refractivity contribution in [3.05, 3.63) is 90.9 Å². The average Bonchev–Trinajstić information content (AvgIpc) is 2.71. The van der Waals surface area contributed by atoms with Crippen LogP contribution in [-0.4, -0.2) is 17.9 Å². The van der Waals surface area contributed by atoms with Crippen LogP contribution < -0.4 is 5.32 Å². The maximum atomic E-state index is 13.2. The molecule has 4 rings (SSSR count). The van der Waals surface area contributed by atoms with Gasteiger partial charge in [-0.15, -0.1) is 11.6 Å². The zero-order valence-electron chi connectivity index (χ0n) is 16.1. The van der Waals surface area contributed by atoms with Crippen LogP contribution in [0.4, 0.5) is 11.4 Å². The fraction of sp³-hybridized carbons (Fsp3) is 0.130. The van der Waals surface area contributed by atoms with Crippen LogP contribution in [0, 0.1) is 13.8 Å². The lowest BCUT2D eigenvalue weighted by atomic mass is 9.83. The summed E-state index contributed by atoms with van der Waals surface area (Å²) in [6, 6.07) is 14.7. The van der Waals surface area contributed by atoms with E-state index in [1.807, 2.05) is 26.0 Å². The molecule has 3 aromatic rings. The van der Waals surface area contributed by atoms with E-state index < -0.39 is 0 Å². The maximum Gasteiger partial charge on any atom is 0.196 e. The van der Waals surface area contributed by atoms with Gasteiger partial charge in [0.2, 0.25) is 0 Å². The minimum atomic E-state index is -0.148. The Balaban J connectivity index is 0.00000117. The van der Waals surface area contributed by atoms with Crippen LogP contribution in [0.2, 0.25) is 0 Å². The summed E-state index contributed by atoms with van der Waals surface area (Å²) < 4.78 is 1.53. The van der Waals surface area contributed by atoms with Gasteiger partial charge in [-0.2, -0.15) is 0 Å². The lowest BCUT2D eigenvalue weighted by Gasteiger charge is -2.23. The monoisotopic (exact) mass is 533 g/mol. The summed E-state index contributed by atoms with van der Waals surface area (Å²) in [5.41, 5.74) is 5.38. The third-order valence-electron chi connectivity index (χ3n) is 4.72. The fourth-order valence-corrected chi connectivity index (χ4v) is 4.78. The second-order valence-corrected chi connectivity index (χ2v) is 8.32. The predicted octanol–water partition coefficient (Wildman–Crippen LogP) is 7.20. The number of hydrogen-bond acceptors (Lipinski definition) is 3. The molecule has 148 valence electrons. The van der Waals surface area contributed by atoms with Gasteiger partial charge >= 0.3 is 0 Å². The largest absolute Gasteiger partial charge is 0.354 e. The number of anilines is 2. The first-order valence-electron chi connectivity index (χ1n) is 8.81. The molecule has 3 nitrogen and oxygen atoms in total. The molecule has 0 spiro atoms. The number of alkyl halides is 1. The quantitative estimate of drug-likeness (QED) is 0.276. The summed E-state index contributed by atoms with van der Waals surface area (Å²) in [6.45, 7) is 4.04. The number of ketones is 2. The molecular formula is C23H18Br2ClNO2. The normalized spacial score (nSPS) is 11.9. The molecule has 0 heterocycles. The van der Waals surface area contributed by atoms with Crippen molar-refractivity contribution in [3.8, 4) is 0 Å². The molecule has 0 fully saturated rings. The number of carbonyl (C=O) groups excluding carboxylic acids is 2. The second-order valence-electron chi connectivity index (χ2n) is 6.61. The molecule has 0 aliphatic heterocycles. The van der Waals surface area contributed by atoms with Crippen LogP contribution in [0.5, 0.6) is 0 Å². The molecule has 6 heteroatoms. The summed E-state index contributed by atoms with van der Waals surface area (Å²) in [5, 5.41) is 3.36. The number of halogens is 3. The smallest absolute Gasteiger partial charge is 0.196 e. The number of rotatable bonds is 2. The molecule has 0 bridgehead atoms. The second kappa shape index (κ2) is 8.82. The van der Waals surface area contributed by atoms with Gasteiger partial charge in [0, 0.05) is 26.5 Å². The van der Waals surface area contributed by atoms with Gasteiger partial charge < -0.3 is 5.32 Å². The van der Waals surface area contributed by atoms with Crippen molar-refractivity contribution in [2.45, 2.75) is 13.8 Å². The Morgan fingerprint density at radius 2 is 1.38 bits per heavy atom. The Kier molecular flexibility index (Phi) is 6.62. The minimum absolute atomic E-state index is 0.143. The molecule has 0 saturated carbocycles. The van der Waals surface area contributed by atoms with Crippen LogP contribution in [0.1, 0.15) is 43.0 Å². The Morgan fingerprint density at radius 3 is 1.97 bits per heavy atom. The average molecular weight is 536 g/mol. The van der Waals surface area contributed by atoms with Gasteiger partial charge in [-0.05, 0) is 59.1 Å². The topological polar surface area (TPSA) is 46.2 Å². The third kappa shape index (κ3) is 3.91. The molecule has 1 N–H and O–H groups in total. The van der Waals surface area contributed by atoms with Crippen molar-refractivity contribution in [1.29, 1.82) is 0 Å². The zero-order valence-corrected chi connectivity index (χ0v) is 20.0. The van der Waals surface area contributed by atoms with E-state index in [4.69, 9.17) is 0 Å². The summed E-state index contributed by atoms with van der Waals surface area (Å²) in [6.07, 6.45) is 1.47. The first-order chi connectivity index (χ1) is 13.9. The highest BCUT2D eigenvalue weighted by Gasteiger charge is 2.33. The van der Waals surface area contributed by atoms with Crippen LogP contribution in [0.15, 0.2) is 57.5 Å². The van der Waals surface area contributed by atoms with Crippen LogP contribution >= 0.6 is 43.5 Å². The van der Waals surface area contributed by atoms with Gasteiger partial charge in [0.05, 0.1) is 22.5 Å². The first-order valence-corrected chi connectivity index (χ1v) is 11.1. The number of carbonyl (C=O) groups is 2. The SMILES string of the molecule is CCl.Cc1cc(C)c(Nc2ccc(Br)c3c2C(=O)c2ccccc2C3=O)c(Br)c1. The number of benzene rings is 3. The third-order valence-corrected chi connectivity index (χ3v) is 6.00. The van der Waals surface area contributed by atoms with E-state index in [9.17, 15) is 9.59 Å². The first kappa shape index (κ1) is 21.8. The molecule has 1 aliphatic rings. The van der Waals surface area contributed by atoms with Gasteiger partial charge in [0.25, 0.3) is 0 Å². The van der Waals surface area contributed by atoms with Crippen LogP contribution in [0.25, 0.3) is 0 Å². The highest BCUT2D eigenvalue weighted by atomic mass is 79.9. The van der Waals surface area contributed by atoms with E-state index in [1.165, 1.54) is 6.38 Å². The van der Waals surface area contributed by atoms with E-state index in [1.54, 1.807) is 30.3 Å². The van der Waals surface area contributed by atoms with Gasteiger partial charge in [-0.25, -0.2) is 0 Å². The van der Waals surface area contributed by atoms with E-state index >= 15 is 0 Å². The number of hydrogen-bond donors (Lipinski definition) is 1. The molecule has 29 heavy (non-hydrogen) atoms. The van der Waals surface area contributed by atoms with E-state index in [-0.39, 0.29) is 11.6 Å². The zero-order chi connectivity index (χ0) is 21.3. The lowest BCUT2D eigenvalue weighted by molar-refractivity contribution is 0.0979. The molecule has 0 radical (unpaired) electrons. The molecular weight excluding hydrogens is 518 g/mol. The van der Waals surface area contributed by atoms with Crippen LogP contribution in [-0.2, 0) is 0 Å². The highest BCUT2D eigenvalue weighted by Crippen LogP contribution is 2.39. The Bertz CT molecular complexity index is 1120. The lowest BCUT2D eigenvalue weighted by Crippen LogP contribution is -2.22. The summed E-state index contributed by atoms with van der Waals surface area (Å²) >= 11 is 11.7. The molecule has 0 saturated heterocycles. The molecule has 0 amide bonds. The van der Waals surface area contributed by atoms with Crippen molar-refractivity contribution in [2.24, 2.45) is 0 Å². The predicted molar refractivity (Wildman–Crippen MR) is 126 cm³/mol. The van der Waals surface area contributed by atoms with Gasteiger partial charge in [0.1, 0.15) is 0 Å². The van der Waals surface area contributed by atoms with Gasteiger partial charge in [-0.3, -0.25) is 9.59 Å². The molecule has 0 unspecified atom stereocenters. The van der Waals surface area contributed by atoms with Crippen molar-refractivity contribution in [1.82, 2.24) is 0 Å². The van der Waals surface area contributed by atoms with Crippen molar-refractivity contribution in [2.75, 3.05) is 11.7 Å². The van der Waals surface area contributed by atoms with E-state index in [0.29, 0.717) is 32.4 Å². The van der Waals surface area contributed by atoms with Crippen molar-refractivity contribution >= 4 is 66.4 Å².